The molecule has 0 unspecified atom stereocenters. The van der Waals surface area contributed by atoms with E-state index in [1.54, 1.807) is 23.5 Å². The van der Waals surface area contributed by atoms with E-state index in [2.05, 4.69) is 12.1 Å². The summed E-state index contributed by atoms with van der Waals surface area (Å²) in [6.45, 7) is 0. The molecule has 2 aromatic carbocycles. The highest BCUT2D eigenvalue weighted by Crippen LogP contribution is 2.33. The van der Waals surface area contributed by atoms with Gasteiger partial charge in [-0.15, -0.1) is 11.3 Å². The molecule has 1 N–H and O–H groups in total. The van der Waals surface area contributed by atoms with Gasteiger partial charge in [0.15, 0.2) is 0 Å². The smallest absolute Gasteiger partial charge is 0.116 e. The molecular weight excluding hydrogens is 350 g/mol. The molecule has 0 aliphatic carbocycles. The molecular formula is C21H14ClNOS. The quantitative estimate of drug-likeness (QED) is 0.450. The van der Waals surface area contributed by atoms with Crippen LogP contribution < -0.4 is 0 Å². The van der Waals surface area contributed by atoms with Gasteiger partial charge in [-0.2, -0.15) is 0 Å². The van der Waals surface area contributed by atoms with Crippen LogP contribution in [0.4, 0.5) is 0 Å². The van der Waals surface area contributed by atoms with Gasteiger partial charge in [0.05, 0.1) is 16.3 Å². The van der Waals surface area contributed by atoms with Gasteiger partial charge in [0.25, 0.3) is 0 Å². The Morgan fingerprint density at radius 3 is 2.32 bits per heavy atom. The number of benzene rings is 2. The van der Waals surface area contributed by atoms with Gasteiger partial charge in [-0.3, -0.25) is 0 Å². The molecule has 0 bridgehead atoms. The van der Waals surface area contributed by atoms with E-state index in [9.17, 15) is 5.11 Å². The SMILES string of the molecule is Oc1cccc(-c2cc(-c3cccc(Cl)c3)nc(-c3cccs3)c2)c1. The Labute approximate surface area is 155 Å². The van der Waals surface area contributed by atoms with Gasteiger partial charge in [0.2, 0.25) is 0 Å². The van der Waals surface area contributed by atoms with Crippen LogP contribution in [0.3, 0.4) is 0 Å². The maximum atomic E-state index is 9.82. The van der Waals surface area contributed by atoms with Gasteiger partial charge in [-0.25, -0.2) is 4.98 Å². The van der Waals surface area contributed by atoms with Gasteiger partial charge in [-0.1, -0.05) is 41.9 Å². The first-order chi connectivity index (χ1) is 12.2. The average molecular weight is 364 g/mol. The molecule has 0 aliphatic heterocycles. The minimum Gasteiger partial charge on any atom is -0.508 e. The zero-order valence-corrected chi connectivity index (χ0v) is 14.8. The number of rotatable bonds is 3. The Hall–Kier alpha value is -2.62. The molecule has 122 valence electrons. The van der Waals surface area contributed by atoms with Gasteiger partial charge in [-0.05, 0) is 59.0 Å². The largest absolute Gasteiger partial charge is 0.508 e. The predicted octanol–water partition coefficient (Wildman–Crippen LogP) is 6.50. The molecule has 2 heterocycles. The number of hydrogen-bond acceptors (Lipinski definition) is 3. The van der Waals surface area contributed by atoms with Crippen molar-refractivity contribution in [2.24, 2.45) is 0 Å². The van der Waals surface area contributed by atoms with Crippen molar-refractivity contribution in [1.29, 1.82) is 0 Å². The number of halogens is 1. The van der Waals surface area contributed by atoms with Crippen molar-refractivity contribution in [2.75, 3.05) is 0 Å². The lowest BCUT2D eigenvalue weighted by Gasteiger charge is -2.10. The van der Waals surface area contributed by atoms with Crippen LogP contribution in [0.1, 0.15) is 0 Å². The Bertz CT molecular complexity index is 964. The summed E-state index contributed by atoms with van der Waals surface area (Å²) in [5, 5.41) is 12.5. The highest BCUT2D eigenvalue weighted by molar-refractivity contribution is 7.13. The lowest BCUT2D eigenvalue weighted by Crippen LogP contribution is -1.90. The summed E-state index contributed by atoms with van der Waals surface area (Å²) in [5.41, 5.74) is 4.68. The molecule has 0 amide bonds. The third kappa shape index (κ3) is 3.43. The Morgan fingerprint density at radius 1 is 0.760 bits per heavy atom. The maximum absolute atomic E-state index is 9.82. The first-order valence-corrected chi connectivity index (χ1v) is 9.06. The van der Waals surface area contributed by atoms with E-state index in [4.69, 9.17) is 16.6 Å². The number of aromatic hydroxyl groups is 1. The lowest BCUT2D eigenvalue weighted by atomic mass is 10.0. The highest BCUT2D eigenvalue weighted by atomic mass is 35.5. The summed E-state index contributed by atoms with van der Waals surface area (Å²) < 4.78 is 0. The van der Waals surface area contributed by atoms with Crippen molar-refractivity contribution in [3.63, 3.8) is 0 Å². The van der Waals surface area contributed by atoms with Crippen LogP contribution in [0.25, 0.3) is 33.0 Å². The van der Waals surface area contributed by atoms with E-state index in [0.717, 1.165) is 33.0 Å². The summed E-state index contributed by atoms with van der Waals surface area (Å²) >= 11 is 7.81. The number of pyridine rings is 1. The number of nitrogens with zero attached hydrogens (tertiary/aromatic N) is 1. The van der Waals surface area contributed by atoms with Crippen LogP contribution in [0, 0.1) is 0 Å². The molecule has 2 nitrogen and oxygen atoms in total. The third-order valence-corrected chi connectivity index (χ3v) is 5.03. The van der Waals surface area contributed by atoms with Gasteiger partial charge < -0.3 is 5.11 Å². The lowest BCUT2D eigenvalue weighted by molar-refractivity contribution is 0.475. The van der Waals surface area contributed by atoms with Crippen molar-refractivity contribution in [1.82, 2.24) is 4.98 Å². The van der Waals surface area contributed by atoms with Crippen molar-refractivity contribution in [3.05, 3.63) is 83.2 Å². The van der Waals surface area contributed by atoms with E-state index in [0.29, 0.717) is 5.02 Å². The van der Waals surface area contributed by atoms with Crippen LogP contribution >= 0.6 is 22.9 Å². The summed E-state index contributed by atoms with van der Waals surface area (Å²) in [4.78, 5) is 5.93. The minimum absolute atomic E-state index is 0.247. The average Bonchev–Trinajstić information content (AvgIpc) is 3.16. The Balaban J connectivity index is 1.92. The van der Waals surface area contributed by atoms with E-state index >= 15 is 0 Å². The predicted molar refractivity (Wildman–Crippen MR) is 105 cm³/mol. The van der Waals surface area contributed by atoms with E-state index in [1.165, 1.54) is 0 Å². The van der Waals surface area contributed by atoms with Crippen molar-refractivity contribution in [3.8, 4) is 38.7 Å². The summed E-state index contributed by atoms with van der Waals surface area (Å²) in [6.07, 6.45) is 0. The molecule has 4 aromatic rings. The number of aromatic nitrogens is 1. The summed E-state index contributed by atoms with van der Waals surface area (Å²) in [7, 11) is 0. The second kappa shape index (κ2) is 6.71. The minimum atomic E-state index is 0.247. The zero-order valence-electron chi connectivity index (χ0n) is 13.2. The van der Waals surface area contributed by atoms with Crippen LogP contribution in [0.2, 0.25) is 5.02 Å². The van der Waals surface area contributed by atoms with Gasteiger partial charge in [0.1, 0.15) is 5.75 Å². The molecule has 4 rings (SSSR count). The zero-order chi connectivity index (χ0) is 17.2. The molecule has 0 atom stereocenters. The van der Waals surface area contributed by atoms with Crippen LogP contribution in [0.15, 0.2) is 78.2 Å². The number of thiophene rings is 1. The second-order valence-electron chi connectivity index (χ2n) is 5.66. The number of phenols is 1. The summed E-state index contributed by atoms with van der Waals surface area (Å²) in [5.74, 6) is 0.247. The van der Waals surface area contributed by atoms with Crippen molar-refractivity contribution >= 4 is 22.9 Å². The first kappa shape index (κ1) is 15.9. The molecule has 0 spiro atoms. The fourth-order valence-electron chi connectivity index (χ4n) is 2.73. The second-order valence-corrected chi connectivity index (χ2v) is 7.05. The maximum Gasteiger partial charge on any atom is 0.116 e. The molecule has 0 saturated heterocycles. The normalized spacial score (nSPS) is 10.8. The van der Waals surface area contributed by atoms with Crippen molar-refractivity contribution in [2.45, 2.75) is 0 Å². The molecule has 0 saturated carbocycles. The van der Waals surface area contributed by atoms with Crippen LogP contribution in [-0.4, -0.2) is 10.1 Å². The molecule has 4 heteroatoms. The van der Waals surface area contributed by atoms with Crippen molar-refractivity contribution < 1.29 is 5.11 Å². The first-order valence-electron chi connectivity index (χ1n) is 7.80. The molecule has 0 fully saturated rings. The van der Waals surface area contributed by atoms with Crippen LogP contribution in [-0.2, 0) is 0 Å². The van der Waals surface area contributed by atoms with Crippen LogP contribution in [0.5, 0.6) is 5.75 Å². The van der Waals surface area contributed by atoms with E-state index in [1.807, 2.05) is 53.9 Å². The molecule has 0 aliphatic rings. The van der Waals surface area contributed by atoms with Gasteiger partial charge in [0, 0.05) is 10.6 Å². The molecule has 25 heavy (non-hydrogen) atoms. The Morgan fingerprint density at radius 2 is 1.56 bits per heavy atom. The van der Waals surface area contributed by atoms with Gasteiger partial charge >= 0.3 is 0 Å². The topological polar surface area (TPSA) is 33.1 Å². The molecule has 0 radical (unpaired) electrons. The highest BCUT2D eigenvalue weighted by Gasteiger charge is 2.10. The third-order valence-electron chi connectivity index (χ3n) is 3.90. The monoisotopic (exact) mass is 363 g/mol. The molecule has 2 aromatic heterocycles. The number of hydrogen-bond donors (Lipinski definition) is 1. The summed E-state index contributed by atoms with van der Waals surface area (Å²) in [6, 6.07) is 23.1. The van der Waals surface area contributed by atoms with E-state index in [-0.39, 0.29) is 5.75 Å². The number of phenolic OH excluding ortho intramolecular Hbond substituents is 1. The fourth-order valence-corrected chi connectivity index (χ4v) is 3.61. The van der Waals surface area contributed by atoms with E-state index < -0.39 is 0 Å². The standard InChI is InChI=1S/C21H14ClNOS/c22-17-6-1-5-15(10-17)19-12-16(14-4-2-7-18(24)11-14)13-20(23-19)21-8-3-9-25-21/h1-13,24H. The Kier molecular flexibility index (Phi) is 4.26. The fraction of sp³-hybridized carbons (Fsp3) is 0.